The molecule has 0 saturated carbocycles. The van der Waals surface area contributed by atoms with Crippen LogP contribution in [0.15, 0.2) is 46.0 Å². The van der Waals surface area contributed by atoms with Crippen LogP contribution in [0.3, 0.4) is 0 Å². The molecule has 5 rings (SSSR count). The first kappa shape index (κ1) is 29.0. The molecule has 2 aliphatic rings. The first-order valence-corrected chi connectivity index (χ1v) is 15.3. The summed E-state index contributed by atoms with van der Waals surface area (Å²) < 4.78 is 51.8. The van der Waals surface area contributed by atoms with E-state index in [1.807, 2.05) is 18.2 Å². The van der Waals surface area contributed by atoms with E-state index in [9.17, 15) is 18.0 Å². The number of amides is 3. The Hall–Kier alpha value is -3.46. The van der Waals surface area contributed by atoms with Gasteiger partial charge in [0.25, 0.3) is 10.0 Å². The molecule has 0 bridgehead atoms. The average molecular weight is 605 g/mol. The third kappa shape index (κ3) is 5.09. The summed E-state index contributed by atoms with van der Waals surface area (Å²) in [5.74, 6) is -0.206. The topological polar surface area (TPSA) is 154 Å². The standard InChI is InChI=1S/C27H32N4O8S2/c1-16-21(23-29-11-14-38-23)40-24-22(16)41(34,35)31(27(2,3)25(28)32)26(33)30(24)15-20(39-17-9-12-37-13-10-17)18-7-5-6-8-19(18)36-4/h5-8,11,14,17,20H,9-10,12-13,15H2,1-4H3,(H2,28,32)/t20-/m0/s1. The molecule has 2 aromatic heterocycles. The highest BCUT2D eigenvalue weighted by Crippen LogP contribution is 2.50. The number of benzene rings is 1. The SMILES string of the molecule is COc1ccccc1[C@H](CN1C(=O)N(C(C)(C)C(N)=O)S(=O)(=O)c2c1sc(-c1ncco1)c2C)OC1CCOCC1. The van der Waals surface area contributed by atoms with Crippen molar-refractivity contribution in [3.8, 4) is 16.5 Å². The summed E-state index contributed by atoms with van der Waals surface area (Å²) in [6.45, 7) is 5.24. The van der Waals surface area contributed by atoms with E-state index in [1.165, 1.54) is 31.2 Å². The number of aromatic nitrogens is 1. The Bertz CT molecular complexity index is 1540. The van der Waals surface area contributed by atoms with Crippen molar-refractivity contribution in [2.45, 2.75) is 56.3 Å². The number of nitrogens with two attached hydrogens (primary N) is 1. The summed E-state index contributed by atoms with van der Waals surface area (Å²) in [5, 5.41) is 0.174. The molecule has 1 aromatic carbocycles. The van der Waals surface area contributed by atoms with Crippen molar-refractivity contribution < 1.29 is 36.6 Å². The van der Waals surface area contributed by atoms with Gasteiger partial charge < -0.3 is 24.4 Å². The summed E-state index contributed by atoms with van der Waals surface area (Å²) in [6, 6.07) is 6.38. The van der Waals surface area contributed by atoms with Crippen LogP contribution in [0.1, 0.15) is 43.9 Å². The molecular formula is C27H32N4O8S2. The Kier molecular flexibility index (Phi) is 7.85. The van der Waals surface area contributed by atoms with Gasteiger partial charge in [-0.1, -0.05) is 18.2 Å². The van der Waals surface area contributed by atoms with Crippen molar-refractivity contribution in [2.24, 2.45) is 5.73 Å². The molecule has 0 aliphatic carbocycles. The second-order valence-corrected chi connectivity index (χ2v) is 13.0. The highest BCUT2D eigenvalue weighted by Gasteiger charge is 2.53. The quantitative estimate of drug-likeness (QED) is 0.383. The lowest BCUT2D eigenvalue weighted by Gasteiger charge is -2.42. The number of methoxy groups -OCH3 is 1. The van der Waals surface area contributed by atoms with Gasteiger partial charge in [0.05, 0.1) is 30.8 Å². The smallest absolute Gasteiger partial charge is 0.340 e. The van der Waals surface area contributed by atoms with Gasteiger partial charge in [-0.05, 0) is 45.2 Å². The molecule has 12 nitrogen and oxygen atoms in total. The molecule has 220 valence electrons. The van der Waals surface area contributed by atoms with Gasteiger partial charge in [-0.3, -0.25) is 9.69 Å². The summed E-state index contributed by atoms with van der Waals surface area (Å²) in [4.78, 5) is 32.6. The molecule has 3 aromatic rings. The van der Waals surface area contributed by atoms with E-state index in [2.05, 4.69) is 4.98 Å². The van der Waals surface area contributed by atoms with Crippen molar-refractivity contribution in [2.75, 3.05) is 31.8 Å². The Morgan fingerprint density at radius 1 is 1.27 bits per heavy atom. The molecule has 0 spiro atoms. The summed E-state index contributed by atoms with van der Waals surface area (Å²) in [5.41, 5.74) is 4.79. The fourth-order valence-corrected chi connectivity index (χ4v) is 8.70. The van der Waals surface area contributed by atoms with E-state index < -0.39 is 33.6 Å². The van der Waals surface area contributed by atoms with Crippen molar-refractivity contribution in [3.05, 3.63) is 47.9 Å². The monoisotopic (exact) mass is 604 g/mol. The lowest BCUT2D eigenvalue weighted by Crippen LogP contribution is -2.63. The number of urea groups is 1. The molecule has 2 aliphatic heterocycles. The molecular weight excluding hydrogens is 572 g/mol. The summed E-state index contributed by atoms with van der Waals surface area (Å²) in [7, 11) is -2.96. The maximum Gasteiger partial charge on any atom is 0.340 e. The largest absolute Gasteiger partial charge is 0.496 e. The number of rotatable bonds is 9. The Balaban J connectivity index is 1.68. The minimum absolute atomic E-state index is 0.0740. The number of hydrogen-bond donors (Lipinski definition) is 1. The summed E-state index contributed by atoms with van der Waals surface area (Å²) >= 11 is 1.07. The zero-order valence-electron chi connectivity index (χ0n) is 23.2. The second kappa shape index (κ2) is 11.1. The van der Waals surface area contributed by atoms with Crippen LogP contribution in [-0.2, 0) is 24.3 Å². The Morgan fingerprint density at radius 3 is 2.61 bits per heavy atom. The highest BCUT2D eigenvalue weighted by atomic mass is 32.2. The van der Waals surface area contributed by atoms with Crippen LogP contribution in [-0.4, -0.2) is 68.2 Å². The minimum atomic E-state index is -4.51. The van der Waals surface area contributed by atoms with Gasteiger partial charge in [0, 0.05) is 18.8 Å². The number of primary amides is 1. The molecule has 1 saturated heterocycles. The van der Waals surface area contributed by atoms with E-state index in [0.717, 1.165) is 11.3 Å². The van der Waals surface area contributed by atoms with Gasteiger partial charge in [-0.2, -0.15) is 0 Å². The molecule has 41 heavy (non-hydrogen) atoms. The first-order valence-electron chi connectivity index (χ1n) is 13.0. The normalized spacial score (nSPS) is 18.3. The number of oxazole rings is 1. The number of fused-ring (bicyclic) bond motifs is 1. The molecule has 0 unspecified atom stereocenters. The number of sulfonamides is 1. The third-order valence-corrected chi connectivity index (χ3v) is 10.9. The Morgan fingerprint density at radius 2 is 1.98 bits per heavy atom. The van der Waals surface area contributed by atoms with Gasteiger partial charge in [-0.15, -0.1) is 11.3 Å². The molecule has 3 amide bonds. The molecule has 14 heteroatoms. The lowest BCUT2D eigenvalue weighted by molar-refractivity contribution is -0.124. The molecule has 2 N–H and O–H groups in total. The zero-order valence-corrected chi connectivity index (χ0v) is 24.8. The fraction of sp³-hybridized carbons (Fsp3) is 0.444. The van der Waals surface area contributed by atoms with Crippen LogP contribution in [0.25, 0.3) is 10.8 Å². The number of anilines is 1. The average Bonchev–Trinajstić information content (AvgIpc) is 3.59. The molecule has 0 radical (unpaired) electrons. The second-order valence-electron chi connectivity index (χ2n) is 10.3. The number of thiophene rings is 1. The Labute approximate surface area is 242 Å². The van der Waals surface area contributed by atoms with E-state index in [1.54, 1.807) is 20.1 Å². The molecule has 4 heterocycles. The van der Waals surface area contributed by atoms with E-state index in [-0.39, 0.29) is 28.4 Å². The van der Waals surface area contributed by atoms with Crippen molar-refractivity contribution in [3.63, 3.8) is 0 Å². The number of hydrogen-bond acceptors (Lipinski definition) is 10. The number of ether oxygens (including phenoxy) is 3. The van der Waals surface area contributed by atoms with E-state index >= 15 is 0 Å². The van der Waals surface area contributed by atoms with Gasteiger partial charge in [-0.25, -0.2) is 22.5 Å². The summed E-state index contributed by atoms with van der Waals surface area (Å²) in [6.07, 6.45) is 3.28. The maximum absolute atomic E-state index is 14.2. The number of carbonyl (C=O) groups excluding carboxylic acids is 2. The van der Waals surface area contributed by atoms with Crippen LogP contribution in [0.2, 0.25) is 0 Å². The molecule has 1 fully saturated rings. The van der Waals surface area contributed by atoms with Crippen molar-refractivity contribution in [1.82, 2.24) is 9.29 Å². The van der Waals surface area contributed by atoms with Crippen molar-refractivity contribution in [1.29, 1.82) is 0 Å². The minimum Gasteiger partial charge on any atom is -0.496 e. The lowest BCUT2D eigenvalue weighted by atomic mass is 10.0. The van der Waals surface area contributed by atoms with E-state index in [0.29, 0.717) is 52.1 Å². The van der Waals surface area contributed by atoms with Crippen molar-refractivity contribution >= 4 is 38.3 Å². The molecule has 1 atom stereocenters. The van der Waals surface area contributed by atoms with Crippen LogP contribution in [0.4, 0.5) is 9.80 Å². The first-order chi connectivity index (χ1) is 19.5. The van der Waals surface area contributed by atoms with Crippen LogP contribution in [0, 0.1) is 6.92 Å². The van der Waals surface area contributed by atoms with Gasteiger partial charge >= 0.3 is 6.03 Å². The highest BCUT2D eigenvalue weighted by molar-refractivity contribution is 7.90. The number of para-hydroxylation sites is 1. The van der Waals surface area contributed by atoms with Gasteiger partial charge in [0.2, 0.25) is 11.8 Å². The van der Waals surface area contributed by atoms with E-state index in [4.69, 9.17) is 24.4 Å². The predicted octanol–water partition coefficient (Wildman–Crippen LogP) is 3.85. The third-order valence-electron chi connectivity index (χ3n) is 7.32. The van der Waals surface area contributed by atoms with Gasteiger partial charge in [0.1, 0.15) is 33.6 Å². The van der Waals surface area contributed by atoms with Crippen LogP contribution < -0.4 is 15.4 Å². The van der Waals surface area contributed by atoms with Gasteiger partial charge in [0.15, 0.2) is 0 Å². The number of carbonyl (C=O) groups is 2. The fourth-order valence-electron chi connectivity index (χ4n) is 5.05. The van der Waals surface area contributed by atoms with Crippen LogP contribution >= 0.6 is 11.3 Å². The van der Waals surface area contributed by atoms with Crippen LogP contribution in [0.5, 0.6) is 5.75 Å². The zero-order chi connectivity index (χ0) is 29.5. The maximum atomic E-state index is 14.2. The number of nitrogens with zero attached hydrogens (tertiary/aromatic N) is 3. The predicted molar refractivity (Wildman–Crippen MR) is 150 cm³/mol.